The van der Waals surface area contributed by atoms with Crippen molar-refractivity contribution in [1.82, 2.24) is 0 Å². The van der Waals surface area contributed by atoms with Crippen LogP contribution in [0.1, 0.15) is 104 Å². The molecule has 0 aliphatic rings. The van der Waals surface area contributed by atoms with Gasteiger partial charge in [0.15, 0.2) is 6.29 Å². The zero-order valence-electron chi connectivity index (χ0n) is 14.2. The van der Waals surface area contributed by atoms with Crippen molar-refractivity contribution in [1.29, 1.82) is 0 Å². The lowest BCUT2D eigenvalue weighted by Crippen LogP contribution is -2.16. The molecule has 0 aromatic heterocycles. The Labute approximate surface area is 131 Å². The molecule has 126 valence electrons. The molecule has 0 heterocycles. The fourth-order valence-corrected chi connectivity index (χ4v) is 2.40. The molecule has 0 fully saturated rings. The van der Waals surface area contributed by atoms with Gasteiger partial charge in [-0.2, -0.15) is 0 Å². The van der Waals surface area contributed by atoms with Gasteiger partial charge in [0.25, 0.3) is 0 Å². The summed E-state index contributed by atoms with van der Waals surface area (Å²) in [4.78, 5) is 11.3. The Morgan fingerprint density at radius 2 is 1.24 bits per heavy atom. The minimum Gasteiger partial charge on any atom is -0.436 e. The number of carbonyl (C=O) groups excluding carboxylic acids is 1. The first kappa shape index (κ1) is 20.4. The molecule has 3 nitrogen and oxygen atoms in total. The predicted molar refractivity (Wildman–Crippen MR) is 88.1 cm³/mol. The minimum atomic E-state index is -0.921. The Kier molecular flexibility index (Phi) is 15.4. The molecule has 0 rings (SSSR count). The second kappa shape index (κ2) is 15.8. The third kappa shape index (κ3) is 15.6. The highest BCUT2D eigenvalue weighted by molar-refractivity contribution is 5.69. The molecule has 0 aromatic rings. The quantitative estimate of drug-likeness (QED) is 0.252. The Morgan fingerprint density at radius 3 is 1.67 bits per heavy atom. The highest BCUT2D eigenvalue weighted by atomic mass is 16.6. The number of ether oxygens (including phenoxy) is 1. The topological polar surface area (TPSA) is 46.5 Å². The van der Waals surface area contributed by atoms with Gasteiger partial charge in [-0.1, -0.05) is 84.5 Å². The molecule has 0 radical (unpaired) electrons. The number of hydrogen-bond acceptors (Lipinski definition) is 3. The van der Waals surface area contributed by atoms with Crippen LogP contribution in [-0.4, -0.2) is 17.4 Å². The van der Waals surface area contributed by atoms with Gasteiger partial charge in [-0.25, -0.2) is 0 Å². The number of esters is 1. The molecule has 0 aliphatic carbocycles. The van der Waals surface area contributed by atoms with Gasteiger partial charge in [0.05, 0.1) is 0 Å². The van der Waals surface area contributed by atoms with Gasteiger partial charge in [-0.05, 0) is 6.42 Å². The van der Waals surface area contributed by atoms with E-state index in [2.05, 4.69) is 6.92 Å². The maximum atomic E-state index is 11.3. The smallest absolute Gasteiger partial charge is 0.308 e. The van der Waals surface area contributed by atoms with Gasteiger partial charge >= 0.3 is 5.97 Å². The highest BCUT2D eigenvalue weighted by Gasteiger charge is 2.07. The van der Waals surface area contributed by atoms with E-state index in [9.17, 15) is 9.90 Å². The molecule has 0 saturated heterocycles. The van der Waals surface area contributed by atoms with E-state index in [0.717, 1.165) is 12.8 Å². The summed E-state index contributed by atoms with van der Waals surface area (Å²) in [7, 11) is 0. The first-order chi connectivity index (χ1) is 10.2. The van der Waals surface area contributed by atoms with E-state index >= 15 is 0 Å². The summed E-state index contributed by atoms with van der Waals surface area (Å²) in [6.45, 7) is 4.05. The van der Waals surface area contributed by atoms with E-state index in [0.29, 0.717) is 12.8 Å². The third-order valence-electron chi connectivity index (χ3n) is 3.85. The molecular formula is C18H36O3. The van der Waals surface area contributed by atoms with Crippen molar-refractivity contribution in [2.45, 2.75) is 110 Å². The maximum absolute atomic E-state index is 11.3. The van der Waals surface area contributed by atoms with Crippen LogP contribution in [0.2, 0.25) is 0 Å². The molecule has 0 spiro atoms. The van der Waals surface area contributed by atoms with Crippen molar-refractivity contribution in [3.63, 3.8) is 0 Å². The molecule has 1 N–H and O–H groups in total. The van der Waals surface area contributed by atoms with Crippen LogP contribution < -0.4 is 0 Å². The number of rotatable bonds is 15. The Bertz CT molecular complexity index is 229. The molecule has 1 atom stereocenters. The molecule has 3 heteroatoms. The summed E-state index contributed by atoms with van der Waals surface area (Å²) >= 11 is 0. The van der Waals surface area contributed by atoms with E-state index in [1.807, 2.05) is 0 Å². The van der Waals surface area contributed by atoms with Crippen molar-refractivity contribution in [2.75, 3.05) is 0 Å². The van der Waals surface area contributed by atoms with E-state index in [1.165, 1.54) is 64.2 Å². The van der Waals surface area contributed by atoms with Gasteiger partial charge in [-0.3, -0.25) is 4.79 Å². The Balaban J connectivity index is 3.13. The normalized spacial score (nSPS) is 12.3. The molecule has 0 aliphatic heterocycles. The van der Waals surface area contributed by atoms with Crippen LogP contribution in [0, 0.1) is 0 Å². The second-order valence-electron chi connectivity index (χ2n) is 5.99. The van der Waals surface area contributed by atoms with Gasteiger partial charge < -0.3 is 9.84 Å². The molecule has 21 heavy (non-hydrogen) atoms. The molecule has 0 aromatic carbocycles. The highest BCUT2D eigenvalue weighted by Crippen LogP contribution is 2.12. The van der Waals surface area contributed by atoms with Crippen molar-refractivity contribution >= 4 is 5.97 Å². The molecular weight excluding hydrogens is 264 g/mol. The summed E-state index contributed by atoms with van der Waals surface area (Å²) in [5.74, 6) is -0.267. The standard InChI is InChI=1S/C18H36O3/c1-3-5-6-7-8-9-10-11-12-13-14-15-16-18(20)21-17(19)4-2/h17,19H,3-16H2,1-2H3. The Hall–Kier alpha value is -0.570. The maximum Gasteiger partial charge on any atom is 0.308 e. The number of carbonyl (C=O) groups is 1. The Morgan fingerprint density at radius 1 is 0.810 bits per heavy atom. The number of hydrogen-bond donors (Lipinski definition) is 1. The SMILES string of the molecule is CCCCCCCCCCCCCCC(=O)OC(O)CC. The van der Waals surface area contributed by atoms with E-state index in [1.54, 1.807) is 6.92 Å². The average Bonchev–Trinajstić information content (AvgIpc) is 2.48. The van der Waals surface area contributed by atoms with Crippen molar-refractivity contribution in [3.8, 4) is 0 Å². The van der Waals surface area contributed by atoms with Crippen LogP contribution in [0.5, 0.6) is 0 Å². The summed E-state index contributed by atoms with van der Waals surface area (Å²) in [5, 5.41) is 9.18. The van der Waals surface area contributed by atoms with Crippen molar-refractivity contribution in [2.24, 2.45) is 0 Å². The van der Waals surface area contributed by atoms with Crippen LogP contribution in [0.4, 0.5) is 0 Å². The van der Waals surface area contributed by atoms with E-state index in [4.69, 9.17) is 4.74 Å². The summed E-state index contributed by atoms with van der Waals surface area (Å²) in [6.07, 6.45) is 15.4. The van der Waals surface area contributed by atoms with Crippen LogP contribution in [0.15, 0.2) is 0 Å². The molecule has 0 amide bonds. The predicted octanol–water partition coefficient (Wildman–Crippen LogP) is 5.35. The van der Waals surface area contributed by atoms with E-state index < -0.39 is 6.29 Å². The lowest BCUT2D eigenvalue weighted by molar-refractivity contribution is -0.168. The molecule has 0 saturated carbocycles. The third-order valence-corrected chi connectivity index (χ3v) is 3.85. The lowest BCUT2D eigenvalue weighted by atomic mass is 10.0. The van der Waals surface area contributed by atoms with Gasteiger partial charge in [0.2, 0.25) is 0 Å². The monoisotopic (exact) mass is 300 g/mol. The number of unbranched alkanes of at least 4 members (excludes halogenated alkanes) is 11. The zero-order valence-corrected chi connectivity index (χ0v) is 14.2. The van der Waals surface area contributed by atoms with Crippen LogP contribution in [0.25, 0.3) is 0 Å². The zero-order chi connectivity index (χ0) is 15.8. The van der Waals surface area contributed by atoms with Crippen molar-refractivity contribution < 1.29 is 14.6 Å². The first-order valence-corrected chi connectivity index (χ1v) is 9.08. The second-order valence-corrected chi connectivity index (χ2v) is 5.99. The van der Waals surface area contributed by atoms with Gasteiger partial charge in [0.1, 0.15) is 0 Å². The van der Waals surface area contributed by atoms with Gasteiger partial charge in [0, 0.05) is 12.8 Å². The van der Waals surface area contributed by atoms with Crippen LogP contribution in [0.3, 0.4) is 0 Å². The largest absolute Gasteiger partial charge is 0.436 e. The summed E-state index contributed by atoms with van der Waals surface area (Å²) in [6, 6.07) is 0. The lowest BCUT2D eigenvalue weighted by Gasteiger charge is -2.09. The van der Waals surface area contributed by atoms with E-state index in [-0.39, 0.29) is 5.97 Å². The van der Waals surface area contributed by atoms with Crippen LogP contribution >= 0.6 is 0 Å². The van der Waals surface area contributed by atoms with Crippen molar-refractivity contribution in [3.05, 3.63) is 0 Å². The number of aliphatic hydroxyl groups is 1. The summed E-state index contributed by atoms with van der Waals surface area (Å²) < 4.78 is 4.82. The molecule has 1 unspecified atom stereocenters. The van der Waals surface area contributed by atoms with Gasteiger partial charge in [-0.15, -0.1) is 0 Å². The first-order valence-electron chi connectivity index (χ1n) is 9.08. The fraction of sp³-hybridized carbons (Fsp3) is 0.944. The summed E-state index contributed by atoms with van der Waals surface area (Å²) in [5.41, 5.74) is 0. The minimum absolute atomic E-state index is 0.267. The van der Waals surface area contributed by atoms with Crippen LogP contribution in [-0.2, 0) is 9.53 Å². The fourth-order valence-electron chi connectivity index (χ4n) is 2.40. The average molecular weight is 300 g/mol. The number of aliphatic hydroxyl groups excluding tert-OH is 1. The molecule has 0 bridgehead atoms.